The lowest BCUT2D eigenvalue weighted by molar-refractivity contribution is 0.597. The number of nitrogens with one attached hydrogen (secondary N) is 1. The molecule has 1 aromatic carbocycles. The van der Waals surface area contributed by atoms with E-state index >= 15 is 0 Å². The summed E-state index contributed by atoms with van der Waals surface area (Å²) in [5.74, 6) is 0.321. The van der Waals surface area contributed by atoms with Gasteiger partial charge in [-0.25, -0.2) is 18.5 Å². The van der Waals surface area contributed by atoms with E-state index in [1.807, 2.05) is 18.2 Å². The van der Waals surface area contributed by atoms with Crippen molar-refractivity contribution in [3.8, 4) is 0 Å². The fourth-order valence-electron chi connectivity index (χ4n) is 2.52. The van der Waals surface area contributed by atoms with Gasteiger partial charge in [-0.2, -0.15) is 0 Å². The second kappa shape index (κ2) is 5.13. The Labute approximate surface area is 124 Å². The molecule has 2 aromatic rings. The predicted octanol–water partition coefficient (Wildman–Crippen LogP) is 1.87. The molecule has 0 amide bonds. The van der Waals surface area contributed by atoms with Gasteiger partial charge in [-0.3, -0.25) is 0 Å². The van der Waals surface area contributed by atoms with Crippen molar-refractivity contribution >= 4 is 15.8 Å². The average molecular weight is 303 g/mol. The van der Waals surface area contributed by atoms with E-state index in [0.717, 1.165) is 12.8 Å². The minimum atomic E-state index is -3.77. The van der Waals surface area contributed by atoms with Gasteiger partial charge in [0.1, 0.15) is 10.7 Å². The van der Waals surface area contributed by atoms with Gasteiger partial charge in [-0.05, 0) is 30.5 Å². The predicted molar refractivity (Wildman–Crippen MR) is 81.5 cm³/mol. The van der Waals surface area contributed by atoms with Gasteiger partial charge in [0, 0.05) is 18.2 Å². The molecule has 1 fully saturated rings. The first-order chi connectivity index (χ1) is 10.0. The van der Waals surface area contributed by atoms with Crippen LogP contribution in [0.25, 0.3) is 0 Å². The lowest BCUT2D eigenvalue weighted by Crippen LogP contribution is -2.22. The highest BCUT2D eigenvalue weighted by Crippen LogP contribution is 2.48. The monoisotopic (exact) mass is 303 g/mol. The second-order valence-electron chi connectivity index (χ2n) is 5.40. The molecule has 0 unspecified atom stereocenters. The Morgan fingerprint density at radius 1 is 1.14 bits per heavy atom. The van der Waals surface area contributed by atoms with E-state index in [9.17, 15) is 8.42 Å². The molecule has 0 bridgehead atoms. The fraction of sp³-hybridized carbons (Fsp3) is 0.267. The zero-order chi connectivity index (χ0) is 14.9. The van der Waals surface area contributed by atoms with Crippen LogP contribution in [0.1, 0.15) is 18.4 Å². The first-order valence-electron chi connectivity index (χ1n) is 6.79. The number of anilines is 1. The van der Waals surface area contributed by atoms with Crippen LogP contribution in [0.3, 0.4) is 0 Å². The molecule has 1 aromatic heterocycles. The van der Waals surface area contributed by atoms with E-state index in [1.54, 1.807) is 12.3 Å². The standard InChI is InChI=1S/C15H17N3O2S/c16-21(19,20)13-7-4-10-17-14(13)18-11-15(8-9-15)12-5-2-1-3-6-12/h1-7,10H,8-9,11H2,(H,17,18)(H2,16,19,20). The van der Waals surface area contributed by atoms with Crippen LogP contribution in [0.2, 0.25) is 0 Å². The molecule has 0 spiro atoms. The summed E-state index contributed by atoms with van der Waals surface area (Å²) in [6.45, 7) is 0.649. The Kier molecular flexibility index (Phi) is 3.43. The molecule has 1 heterocycles. The molecular weight excluding hydrogens is 286 g/mol. The SMILES string of the molecule is NS(=O)(=O)c1cccnc1NCC1(c2ccccc2)CC1. The summed E-state index contributed by atoms with van der Waals surface area (Å²) in [6.07, 6.45) is 3.72. The fourth-order valence-corrected chi connectivity index (χ4v) is 3.18. The normalized spacial score (nSPS) is 16.4. The molecule has 0 saturated heterocycles. The number of hydrogen-bond donors (Lipinski definition) is 2. The number of nitrogens with zero attached hydrogens (tertiary/aromatic N) is 1. The second-order valence-corrected chi connectivity index (χ2v) is 6.92. The van der Waals surface area contributed by atoms with Crippen molar-refractivity contribution in [2.45, 2.75) is 23.2 Å². The molecule has 3 N–H and O–H groups in total. The topological polar surface area (TPSA) is 85.1 Å². The first-order valence-corrected chi connectivity index (χ1v) is 8.33. The third kappa shape index (κ3) is 2.91. The van der Waals surface area contributed by atoms with Crippen molar-refractivity contribution in [3.63, 3.8) is 0 Å². The molecule has 1 aliphatic carbocycles. The van der Waals surface area contributed by atoms with Crippen molar-refractivity contribution in [1.29, 1.82) is 0 Å². The number of rotatable bonds is 5. The number of pyridine rings is 1. The summed E-state index contributed by atoms with van der Waals surface area (Å²) in [7, 11) is -3.77. The molecule has 3 rings (SSSR count). The maximum atomic E-state index is 11.6. The highest BCUT2D eigenvalue weighted by atomic mass is 32.2. The molecule has 1 aliphatic rings. The molecule has 0 aliphatic heterocycles. The number of primary sulfonamides is 1. The Hall–Kier alpha value is -1.92. The summed E-state index contributed by atoms with van der Waals surface area (Å²) in [5.41, 5.74) is 1.35. The van der Waals surface area contributed by atoms with E-state index in [-0.39, 0.29) is 10.3 Å². The van der Waals surface area contributed by atoms with E-state index in [1.165, 1.54) is 11.6 Å². The van der Waals surface area contributed by atoms with Gasteiger partial charge in [-0.1, -0.05) is 30.3 Å². The highest BCUT2D eigenvalue weighted by Gasteiger charge is 2.44. The number of aromatic nitrogens is 1. The molecule has 0 radical (unpaired) electrons. The van der Waals surface area contributed by atoms with Gasteiger partial charge >= 0.3 is 0 Å². The van der Waals surface area contributed by atoms with Gasteiger partial charge in [0.05, 0.1) is 0 Å². The van der Waals surface area contributed by atoms with Crippen molar-refractivity contribution in [1.82, 2.24) is 4.98 Å². The first kappa shape index (κ1) is 14.0. The van der Waals surface area contributed by atoms with E-state index in [0.29, 0.717) is 12.4 Å². The molecule has 110 valence electrons. The van der Waals surface area contributed by atoms with E-state index in [4.69, 9.17) is 5.14 Å². The van der Waals surface area contributed by atoms with Gasteiger partial charge < -0.3 is 5.32 Å². The van der Waals surface area contributed by atoms with Gasteiger partial charge in [0.2, 0.25) is 10.0 Å². The number of nitrogens with two attached hydrogens (primary N) is 1. The van der Waals surface area contributed by atoms with Crippen LogP contribution in [-0.2, 0) is 15.4 Å². The average Bonchev–Trinajstić information content (AvgIpc) is 3.27. The Morgan fingerprint density at radius 2 is 1.86 bits per heavy atom. The van der Waals surface area contributed by atoms with E-state index in [2.05, 4.69) is 22.4 Å². The largest absolute Gasteiger partial charge is 0.368 e. The summed E-state index contributed by atoms with van der Waals surface area (Å²) >= 11 is 0. The minimum Gasteiger partial charge on any atom is -0.368 e. The third-order valence-electron chi connectivity index (χ3n) is 3.91. The summed E-state index contributed by atoms with van der Waals surface area (Å²) < 4.78 is 23.1. The zero-order valence-electron chi connectivity index (χ0n) is 11.5. The lowest BCUT2D eigenvalue weighted by atomic mass is 9.96. The van der Waals surface area contributed by atoms with Gasteiger partial charge in [0.25, 0.3) is 0 Å². The highest BCUT2D eigenvalue weighted by molar-refractivity contribution is 7.89. The quantitative estimate of drug-likeness (QED) is 0.883. The van der Waals surface area contributed by atoms with Crippen molar-refractivity contribution in [2.75, 3.05) is 11.9 Å². The molecule has 1 saturated carbocycles. The molecule has 6 heteroatoms. The van der Waals surface area contributed by atoms with E-state index < -0.39 is 10.0 Å². The summed E-state index contributed by atoms with van der Waals surface area (Å²) in [4.78, 5) is 4.14. The van der Waals surface area contributed by atoms with Crippen LogP contribution in [0.5, 0.6) is 0 Å². The van der Waals surface area contributed by atoms with Gasteiger partial charge in [-0.15, -0.1) is 0 Å². The number of sulfonamides is 1. The lowest BCUT2D eigenvalue weighted by Gasteiger charge is -2.18. The zero-order valence-corrected chi connectivity index (χ0v) is 12.3. The maximum Gasteiger partial charge on any atom is 0.241 e. The van der Waals surface area contributed by atoms with Crippen molar-refractivity contribution in [3.05, 3.63) is 54.2 Å². The Morgan fingerprint density at radius 3 is 2.48 bits per heavy atom. The molecule has 0 atom stereocenters. The molecular formula is C15H17N3O2S. The summed E-state index contributed by atoms with van der Waals surface area (Å²) in [6, 6.07) is 13.3. The maximum absolute atomic E-state index is 11.6. The molecule has 5 nitrogen and oxygen atoms in total. The van der Waals surface area contributed by atoms with Crippen molar-refractivity contribution in [2.24, 2.45) is 5.14 Å². The smallest absolute Gasteiger partial charge is 0.241 e. The van der Waals surface area contributed by atoms with Crippen LogP contribution in [-0.4, -0.2) is 19.9 Å². The summed E-state index contributed by atoms with van der Waals surface area (Å²) in [5, 5.41) is 8.37. The van der Waals surface area contributed by atoms with Crippen LogP contribution in [0.15, 0.2) is 53.6 Å². The third-order valence-corrected chi connectivity index (χ3v) is 4.85. The number of benzene rings is 1. The van der Waals surface area contributed by atoms with Crippen LogP contribution in [0.4, 0.5) is 5.82 Å². The Balaban J connectivity index is 1.81. The van der Waals surface area contributed by atoms with Crippen LogP contribution < -0.4 is 10.5 Å². The number of hydrogen-bond acceptors (Lipinski definition) is 4. The van der Waals surface area contributed by atoms with Crippen molar-refractivity contribution < 1.29 is 8.42 Å². The Bertz CT molecular complexity index is 741. The molecule has 21 heavy (non-hydrogen) atoms. The van der Waals surface area contributed by atoms with Crippen LogP contribution >= 0.6 is 0 Å². The minimum absolute atomic E-state index is 0.0360. The van der Waals surface area contributed by atoms with Gasteiger partial charge in [0.15, 0.2) is 0 Å². The van der Waals surface area contributed by atoms with Crippen LogP contribution in [0, 0.1) is 0 Å².